The largest absolute Gasteiger partial charge is 0.444 e. The minimum Gasteiger partial charge on any atom is -0.444 e. The molecular weight excluding hydrogens is 218 g/mol. The highest BCUT2D eigenvalue weighted by atomic mass is 16.4. The molecule has 0 bridgehead atoms. The van der Waals surface area contributed by atoms with Gasteiger partial charge in [0.25, 0.3) is 0 Å². The third kappa shape index (κ3) is 3.22. The van der Waals surface area contributed by atoms with Gasteiger partial charge >= 0.3 is 6.03 Å². The van der Waals surface area contributed by atoms with E-state index in [-0.39, 0.29) is 12.1 Å². The highest BCUT2D eigenvalue weighted by molar-refractivity contribution is 5.74. The number of hydrogen-bond acceptors (Lipinski definition) is 3. The fraction of sp³-hybridized carbons (Fsp3) is 0.667. The first-order chi connectivity index (χ1) is 8.15. The van der Waals surface area contributed by atoms with Crippen LogP contribution >= 0.6 is 0 Å². The van der Waals surface area contributed by atoms with Gasteiger partial charge in [-0.3, -0.25) is 0 Å². The van der Waals surface area contributed by atoms with Crippen molar-refractivity contribution in [3.05, 3.63) is 17.8 Å². The van der Waals surface area contributed by atoms with E-state index in [1.54, 1.807) is 6.20 Å². The molecule has 1 saturated carbocycles. The van der Waals surface area contributed by atoms with Crippen LogP contribution in [-0.4, -0.2) is 17.1 Å². The number of urea groups is 1. The number of aromatic nitrogens is 1. The van der Waals surface area contributed by atoms with Crippen LogP contribution in [0, 0.1) is 6.92 Å². The van der Waals surface area contributed by atoms with Gasteiger partial charge in [0.15, 0.2) is 0 Å². The summed E-state index contributed by atoms with van der Waals surface area (Å²) >= 11 is 0. The summed E-state index contributed by atoms with van der Waals surface area (Å²) in [5, 5.41) is 5.80. The lowest BCUT2D eigenvalue weighted by Gasteiger charge is -2.15. The number of nitrogens with zero attached hydrogens (tertiary/aromatic N) is 1. The highest BCUT2D eigenvalue weighted by Gasteiger charge is 2.19. The molecule has 1 fully saturated rings. The van der Waals surface area contributed by atoms with E-state index in [2.05, 4.69) is 15.6 Å². The van der Waals surface area contributed by atoms with Crippen LogP contribution in [0.2, 0.25) is 0 Å². The molecule has 0 aliphatic heterocycles. The summed E-state index contributed by atoms with van der Waals surface area (Å²) in [7, 11) is 0. The summed E-state index contributed by atoms with van der Waals surface area (Å²) in [6.07, 6.45) is 6.24. The van der Waals surface area contributed by atoms with Crippen LogP contribution in [0.5, 0.6) is 0 Å². The molecule has 1 heterocycles. The lowest BCUT2D eigenvalue weighted by atomic mass is 10.2. The Morgan fingerprint density at radius 2 is 2.24 bits per heavy atom. The van der Waals surface area contributed by atoms with E-state index in [9.17, 15) is 4.79 Å². The molecule has 5 nitrogen and oxygen atoms in total. The maximum Gasteiger partial charge on any atom is 0.315 e. The van der Waals surface area contributed by atoms with Crippen molar-refractivity contribution in [3.8, 4) is 0 Å². The molecule has 94 valence electrons. The molecule has 2 rings (SSSR count). The summed E-state index contributed by atoms with van der Waals surface area (Å²) in [5.41, 5.74) is 0. The summed E-state index contributed by atoms with van der Waals surface area (Å²) in [6.45, 7) is 3.70. The molecule has 0 spiro atoms. The van der Waals surface area contributed by atoms with Crippen molar-refractivity contribution in [2.75, 3.05) is 0 Å². The molecule has 5 heteroatoms. The van der Waals surface area contributed by atoms with Crippen molar-refractivity contribution < 1.29 is 9.21 Å². The van der Waals surface area contributed by atoms with Gasteiger partial charge in [0.05, 0.1) is 6.20 Å². The van der Waals surface area contributed by atoms with E-state index >= 15 is 0 Å². The number of carbonyl (C=O) groups excluding carboxylic acids is 1. The van der Waals surface area contributed by atoms with E-state index in [4.69, 9.17) is 4.42 Å². The SMILES string of the molecule is Cc1cnc(C(C)NC(=O)NC2CCCC2)o1. The Balaban J connectivity index is 1.81. The van der Waals surface area contributed by atoms with Crippen LogP contribution < -0.4 is 10.6 Å². The Hall–Kier alpha value is -1.52. The van der Waals surface area contributed by atoms with Crippen LogP contribution in [0.3, 0.4) is 0 Å². The number of hydrogen-bond donors (Lipinski definition) is 2. The molecule has 0 saturated heterocycles. The second-order valence-electron chi connectivity index (χ2n) is 4.63. The first kappa shape index (κ1) is 12.0. The smallest absolute Gasteiger partial charge is 0.315 e. The summed E-state index contributed by atoms with van der Waals surface area (Å²) in [4.78, 5) is 15.8. The van der Waals surface area contributed by atoms with Crippen LogP contribution in [0.15, 0.2) is 10.6 Å². The average Bonchev–Trinajstić information content (AvgIpc) is 2.89. The predicted octanol–water partition coefficient (Wildman–Crippen LogP) is 2.29. The fourth-order valence-electron chi connectivity index (χ4n) is 2.13. The van der Waals surface area contributed by atoms with E-state index < -0.39 is 0 Å². The molecule has 1 aromatic heterocycles. The molecule has 2 amide bonds. The Bertz CT molecular complexity index is 383. The first-order valence-electron chi connectivity index (χ1n) is 6.14. The molecule has 0 radical (unpaired) electrons. The normalized spacial score (nSPS) is 18.0. The summed E-state index contributed by atoms with van der Waals surface area (Å²) < 4.78 is 5.36. The quantitative estimate of drug-likeness (QED) is 0.847. The molecule has 0 aromatic carbocycles. The van der Waals surface area contributed by atoms with Gasteiger partial charge in [0, 0.05) is 6.04 Å². The molecule has 1 aromatic rings. The molecule has 17 heavy (non-hydrogen) atoms. The van der Waals surface area contributed by atoms with Gasteiger partial charge in [0.2, 0.25) is 5.89 Å². The second kappa shape index (κ2) is 5.21. The monoisotopic (exact) mass is 237 g/mol. The minimum absolute atomic E-state index is 0.139. The maximum atomic E-state index is 11.7. The predicted molar refractivity (Wildman–Crippen MR) is 63.6 cm³/mol. The van der Waals surface area contributed by atoms with Crippen molar-refractivity contribution in [2.45, 2.75) is 51.6 Å². The number of oxazole rings is 1. The lowest BCUT2D eigenvalue weighted by Crippen LogP contribution is -2.41. The van der Waals surface area contributed by atoms with E-state index in [1.165, 1.54) is 12.8 Å². The van der Waals surface area contributed by atoms with Gasteiger partial charge in [-0.1, -0.05) is 12.8 Å². The van der Waals surface area contributed by atoms with Crippen LogP contribution in [-0.2, 0) is 0 Å². The Morgan fingerprint density at radius 1 is 1.53 bits per heavy atom. The zero-order chi connectivity index (χ0) is 12.3. The number of nitrogens with one attached hydrogen (secondary N) is 2. The number of aryl methyl sites for hydroxylation is 1. The summed E-state index contributed by atoms with van der Waals surface area (Å²) in [5.74, 6) is 1.30. The van der Waals surface area contributed by atoms with Crippen LogP contribution in [0.25, 0.3) is 0 Å². The van der Waals surface area contributed by atoms with Gasteiger partial charge in [-0.15, -0.1) is 0 Å². The van der Waals surface area contributed by atoms with Gasteiger partial charge in [0.1, 0.15) is 11.8 Å². The standard InChI is InChI=1S/C12H19N3O2/c1-8-7-13-11(17-8)9(2)14-12(16)15-10-5-3-4-6-10/h7,9-10H,3-6H2,1-2H3,(H2,14,15,16). The Kier molecular flexibility index (Phi) is 3.66. The topological polar surface area (TPSA) is 67.2 Å². The molecule has 1 unspecified atom stereocenters. The lowest BCUT2D eigenvalue weighted by molar-refractivity contribution is 0.231. The second-order valence-corrected chi connectivity index (χ2v) is 4.63. The van der Waals surface area contributed by atoms with E-state index in [0.717, 1.165) is 18.6 Å². The van der Waals surface area contributed by atoms with Crippen molar-refractivity contribution >= 4 is 6.03 Å². The van der Waals surface area contributed by atoms with Crippen molar-refractivity contribution in [1.82, 2.24) is 15.6 Å². The molecule has 1 atom stereocenters. The molecule has 1 aliphatic rings. The zero-order valence-electron chi connectivity index (χ0n) is 10.3. The Labute approximate surface area is 101 Å². The minimum atomic E-state index is -0.204. The van der Waals surface area contributed by atoms with Crippen LogP contribution in [0.4, 0.5) is 4.79 Å². The maximum absolute atomic E-state index is 11.7. The average molecular weight is 237 g/mol. The summed E-state index contributed by atoms with van der Waals surface area (Å²) in [6, 6.07) is -0.0150. The molecule has 2 N–H and O–H groups in total. The van der Waals surface area contributed by atoms with Gasteiger partial charge in [-0.25, -0.2) is 9.78 Å². The third-order valence-electron chi connectivity index (χ3n) is 3.05. The van der Waals surface area contributed by atoms with E-state index in [0.29, 0.717) is 11.9 Å². The van der Waals surface area contributed by atoms with Gasteiger partial charge in [-0.05, 0) is 26.7 Å². The molecule has 1 aliphatic carbocycles. The Morgan fingerprint density at radius 3 is 2.82 bits per heavy atom. The number of amides is 2. The number of carbonyl (C=O) groups is 1. The van der Waals surface area contributed by atoms with Crippen LogP contribution in [0.1, 0.15) is 50.3 Å². The first-order valence-corrected chi connectivity index (χ1v) is 6.14. The van der Waals surface area contributed by atoms with Gasteiger partial charge in [-0.2, -0.15) is 0 Å². The van der Waals surface area contributed by atoms with Crippen molar-refractivity contribution in [3.63, 3.8) is 0 Å². The van der Waals surface area contributed by atoms with E-state index in [1.807, 2.05) is 13.8 Å². The number of rotatable bonds is 3. The molecular formula is C12H19N3O2. The highest BCUT2D eigenvalue weighted by Crippen LogP contribution is 2.17. The van der Waals surface area contributed by atoms with Crippen molar-refractivity contribution in [2.24, 2.45) is 0 Å². The van der Waals surface area contributed by atoms with Gasteiger partial charge < -0.3 is 15.1 Å². The fourth-order valence-corrected chi connectivity index (χ4v) is 2.13. The van der Waals surface area contributed by atoms with Crippen molar-refractivity contribution in [1.29, 1.82) is 0 Å². The zero-order valence-corrected chi connectivity index (χ0v) is 10.3. The third-order valence-corrected chi connectivity index (χ3v) is 3.05.